The van der Waals surface area contributed by atoms with Gasteiger partial charge in [0.2, 0.25) is 0 Å². The minimum atomic E-state index is 0.484. The molecular formula is C16H24N2S. The molecule has 0 spiro atoms. The van der Waals surface area contributed by atoms with Crippen molar-refractivity contribution in [1.82, 2.24) is 0 Å². The minimum Gasteiger partial charge on any atom is -0.389 e. The molecule has 2 rings (SSSR count). The predicted molar refractivity (Wildman–Crippen MR) is 86.9 cm³/mol. The van der Waals surface area contributed by atoms with Crippen molar-refractivity contribution in [3.63, 3.8) is 0 Å². The summed E-state index contributed by atoms with van der Waals surface area (Å²) in [4.78, 5) is 2.91. The fourth-order valence-corrected chi connectivity index (χ4v) is 3.44. The van der Waals surface area contributed by atoms with Crippen LogP contribution in [0.15, 0.2) is 18.2 Å². The molecule has 3 heteroatoms. The van der Waals surface area contributed by atoms with Gasteiger partial charge in [-0.1, -0.05) is 32.0 Å². The van der Waals surface area contributed by atoms with Gasteiger partial charge in [-0.25, -0.2) is 0 Å². The molecule has 0 radical (unpaired) electrons. The maximum Gasteiger partial charge on any atom is 0.104 e. The van der Waals surface area contributed by atoms with Crippen molar-refractivity contribution < 1.29 is 0 Å². The van der Waals surface area contributed by atoms with Crippen LogP contribution in [0.4, 0.5) is 5.69 Å². The van der Waals surface area contributed by atoms with Crippen molar-refractivity contribution in [3.05, 3.63) is 29.3 Å². The number of benzene rings is 1. The monoisotopic (exact) mass is 276 g/mol. The molecule has 0 aliphatic heterocycles. The largest absolute Gasteiger partial charge is 0.389 e. The molecule has 1 aliphatic carbocycles. The van der Waals surface area contributed by atoms with Crippen LogP contribution in [0.2, 0.25) is 0 Å². The van der Waals surface area contributed by atoms with Crippen molar-refractivity contribution in [2.24, 2.45) is 11.7 Å². The lowest BCUT2D eigenvalue weighted by Gasteiger charge is -2.38. The highest BCUT2D eigenvalue weighted by Crippen LogP contribution is 2.31. The molecule has 104 valence electrons. The summed E-state index contributed by atoms with van der Waals surface area (Å²) in [5, 5.41) is 0. The Morgan fingerprint density at radius 3 is 2.58 bits per heavy atom. The highest BCUT2D eigenvalue weighted by Gasteiger charge is 2.25. The maximum atomic E-state index is 5.72. The molecule has 2 nitrogen and oxygen atoms in total. The van der Waals surface area contributed by atoms with Crippen LogP contribution in [-0.4, -0.2) is 18.1 Å². The van der Waals surface area contributed by atoms with Crippen LogP contribution in [0, 0.1) is 12.8 Å². The molecule has 1 aromatic carbocycles. The zero-order valence-corrected chi connectivity index (χ0v) is 13.0. The lowest BCUT2D eigenvalue weighted by Crippen LogP contribution is -2.39. The Morgan fingerprint density at radius 1 is 1.32 bits per heavy atom. The fraction of sp³-hybridized carbons (Fsp3) is 0.562. The molecule has 1 aliphatic rings. The van der Waals surface area contributed by atoms with Crippen LogP contribution in [0.1, 0.15) is 43.7 Å². The number of hydrogen-bond donors (Lipinski definition) is 1. The number of aryl methyl sites for hydroxylation is 1. The van der Waals surface area contributed by atoms with Crippen LogP contribution >= 0.6 is 12.2 Å². The highest BCUT2D eigenvalue weighted by atomic mass is 32.1. The van der Waals surface area contributed by atoms with Gasteiger partial charge >= 0.3 is 0 Å². The normalized spacial score (nSPS) is 23.1. The summed E-state index contributed by atoms with van der Waals surface area (Å²) in [5.74, 6) is 0.773. The van der Waals surface area contributed by atoms with E-state index < -0.39 is 0 Å². The van der Waals surface area contributed by atoms with E-state index in [-0.39, 0.29) is 0 Å². The van der Waals surface area contributed by atoms with Gasteiger partial charge < -0.3 is 10.6 Å². The number of nitrogens with zero attached hydrogens (tertiary/aromatic N) is 1. The molecule has 0 heterocycles. The summed E-state index contributed by atoms with van der Waals surface area (Å²) < 4.78 is 0. The summed E-state index contributed by atoms with van der Waals surface area (Å²) in [6.07, 6.45) is 5.38. The molecule has 1 aromatic rings. The Kier molecular flexibility index (Phi) is 4.46. The van der Waals surface area contributed by atoms with Crippen LogP contribution < -0.4 is 10.6 Å². The van der Waals surface area contributed by atoms with E-state index in [0.29, 0.717) is 11.0 Å². The SMILES string of the molecule is Cc1cc(N(C)C2CCCCC2C)ccc1C(N)=S. The van der Waals surface area contributed by atoms with Crippen molar-refractivity contribution in [2.45, 2.75) is 45.6 Å². The van der Waals surface area contributed by atoms with Gasteiger partial charge in [0, 0.05) is 24.3 Å². The Hall–Kier alpha value is -1.09. The fourth-order valence-electron chi connectivity index (χ4n) is 3.21. The van der Waals surface area contributed by atoms with Gasteiger partial charge in [0.1, 0.15) is 4.99 Å². The molecule has 1 saturated carbocycles. The molecule has 19 heavy (non-hydrogen) atoms. The smallest absolute Gasteiger partial charge is 0.104 e. The van der Waals surface area contributed by atoms with E-state index in [1.165, 1.54) is 36.9 Å². The van der Waals surface area contributed by atoms with Crippen molar-refractivity contribution in [1.29, 1.82) is 0 Å². The van der Waals surface area contributed by atoms with Crippen LogP contribution in [-0.2, 0) is 0 Å². The van der Waals surface area contributed by atoms with Crippen molar-refractivity contribution in [2.75, 3.05) is 11.9 Å². The van der Waals surface area contributed by atoms with Crippen molar-refractivity contribution in [3.8, 4) is 0 Å². The summed E-state index contributed by atoms with van der Waals surface area (Å²) in [7, 11) is 2.21. The average Bonchev–Trinajstić information content (AvgIpc) is 2.38. The number of hydrogen-bond acceptors (Lipinski definition) is 2. The summed E-state index contributed by atoms with van der Waals surface area (Å²) in [6, 6.07) is 7.05. The number of anilines is 1. The first-order chi connectivity index (χ1) is 9.00. The first-order valence-corrected chi connectivity index (χ1v) is 7.55. The summed E-state index contributed by atoms with van der Waals surface area (Å²) in [5.41, 5.74) is 9.15. The molecule has 1 fully saturated rings. The molecule has 0 aromatic heterocycles. The van der Waals surface area contributed by atoms with Gasteiger partial charge in [0.25, 0.3) is 0 Å². The van der Waals surface area contributed by atoms with E-state index in [9.17, 15) is 0 Å². The van der Waals surface area contributed by atoms with Gasteiger partial charge in [-0.2, -0.15) is 0 Å². The van der Waals surface area contributed by atoms with Crippen LogP contribution in [0.3, 0.4) is 0 Å². The van der Waals surface area contributed by atoms with Gasteiger partial charge in [0.15, 0.2) is 0 Å². The zero-order valence-electron chi connectivity index (χ0n) is 12.1. The molecule has 0 amide bonds. The number of thiocarbonyl (C=S) groups is 1. The molecule has 0 saturated heterocycles. The second kappa shape index (κ2) is 5.91. The standard InChI is InChI=1S/C16H24N2S/c1-11-6-4-5-7-15(11)18(3)13-8-9-14(16(17)19)12(2)10-13/h8-11,15H,4-7H2,1-3H3,(H2,17,19). The lowest BCUT2D eigenvalue weighted by atomic mass is 9.85. The maximum absolute atomic E-state index is 5.72. The summed E-state index contributed by atoms with van der Waals surface area (Å²) in [6.45, 7) is 4.45. The second-order valence-electron chi connectivity index (χ2n) is 5.80. The van der Waals surface area contributed by atoms with Crippen molar-refractivity contribution >= 4 is 22.9 Å². The molecule has 0 bridgehead atoms. The quantitative estimate of drug-likeness (QED) is 0.855. The predicted octanol–water partition coefficient (Wildman–Crippen LogP) is 3.64. The van der Waals surface area contributed by atoms with E-state index in [1.54, 1.807) is 0 Å². The minimum absolute atomic E-state index is 0.484. The topological polar surface area (TPSA) is 29.3 Å². The van der Waals surface area contributed by atoms with Crippen LogP contribution in [0.25, 0.3) is 0 Å². The zero-order chi connectivity index (χ0) is 14.0. The average molecular weight is 276 g/mol. The first-order valence-electron chi connectivity index (χ1n) is 7.14. The highest BCUT2D eigenvalue weighted by molar-refractivity contribution is 7.80. The second-order valence-corrected chi connectivity index (χ2v) is 6.24. The lowest BCUT2D eigenvalue weighted by molar-refractivity contribution is 0.321. The Bertz CT molecular complexity index is 470. The van der Waals surface area contributed by atoms with E-state index in [2.05, 4.69) is 44.0 Å². The van der Waals surface area contributed by atoms with E-state index >= 15 is 0 Å². The number of nitrogens with two attached hydrogens (primary N) is 1. The summed E-state index contributed by atoms with van der Waals surface area (Å²) >= 11 is 5.07. The van der Waals surface area contributed by atoms with Gasteiger partial charge in [-0.05, 0) is 49.4 Å². The van der Waals surface area contributed by atoms with Gasteiger partial charge in [-0.15, -0.1) is 0 Å². The third-order valence-corrected chi connectivity index (χ3v) is 4.67. The third-order valence-electron chi connectivity index (χ3n) is 4.45. The van der Waals surface area contributed by atoms with Gasteiger partial charge in [0.05, 0.1) is 0 Å². The third kappa shape index (κ3) is 3.08. The Labute approximate surface area is 122 Å². The van der Waals surface area contributed by atoms with E-state index in [4.69, 9.17) is 18.0 Å². The molecule has 2 atom stereocenters. The van der Waals surface area contributed by atoms with E-state index in [0.717, 1.165) is 11.5 Å². The molecular weight excluding hydrogens is 252 g/mol. The number of rotatable bonds is 3. The van der Waals surface area contributed by atoms with E-state index in [1.807, 2.05) is 0 Å². The van der Waals surface area contributed by atoms with Gasteiger partial charge in [-0.3, -0.25) is 0 Å². The Balaban J connectivity index is 2.21. The first kappa shape index (κ1) is 14.3. The Morgan fingerprint density at radius 2 is 2.00 bits per heavy atom. The molecule has 2 N–H and O–H groups in total. The van der Waals surface area contributed by atoms with Crippen LogP contribution in [0.5, 0.6) is 0 Å². The molecule has 2 unspecified atom stereocenters.